The molecule has 2 aromatic heterocycles. The maximum absolute atomic E-state index is 12.3. The van der Waals surface area contributed by atoms with Gasteiger partial charge in [0.25, 0.3) is 0 Å². The molecular weight excluding hydrogens is 302 g/mol. The lowest BCUT2D eigenvalue weighted by Crippen LogP contribution is -2.49. The topological polar surface area (TPSA) is 36.4 Å². The molecule has 3 heterocycles. The zero-order valence-electron chi connectivity index (χ0n) is 12.3. The summed E-state index contributed by atoms with van der Waals surface area (Å²) in [6, 6.07) is 4.03. The zero-order valence-corrected chi connectivity index (χ0v) is 14.0. The number of hydrogen-bond donors (Lipinski definition) is 0. The first kappa shape index (κ1) is 14.5. The van der Waals surface area contributed by atoms with Crippen LogP contribution >= 0.6 is 22.7 Å². The number of carbonyl (C=O) groups excluding carboxylic acids is 1. The molecule has 6 heteroatoms. The number of piperazine rings is 1. The number of anilines is 1. The molecule has 0 bridgehead atoms. The fourth-order valence-electron chi connectivity index (χ4n) is 2.41. The highest BCUT2D eigenvalue weighted by molar-refractivity contribution is 7.15. The summed E-state index contributed by atoms with van der Waals surface area (Å²) in [7, 11) is 0. The Morgan fingerprint density at radius 3 is 2.62 bits per heavy atom. The Kier molecular flexibility index (Phi) is 4.26. The van der Waals surface area contributed by atoms with Gasteiger partial charge in [-0.3, -0.25) is 4.79 Å². The van der Waals surface area contributed by atoms with Crippen molar-refractivity contribution in [1.29, 1.82) is 0 Å². The van der Waals surface area contributed by atoms with Gasteiger partial charge in [-0.15, -0.1) is 22.7 Å². The smallest absolute Gasteiger partial charge is 0.227 e. The van der Waals surface area contributed by atoms with Gasteiger partial charge in [-0.1, -0.05) is 6.07 Å². The van der Waals surface area contributed by atoms with Gasteiger partial charge in [-0.2, -0.15) is 0 Å². The van der Waals surface area contributed by atoms with Gasteiger partial charge in [0, 0.05) is 35.9 Å². The predicted molar refractivity (Wildman–Crippen MR) is 88.4 cm³/mol. The van der Waals surface area contributed by atoms with Crippen LogP contribution in [0.3, 0.4) is 0 Å². The number of thiazole rings is 1. The molecule has 1 aliphatic heterocycles. The van der Waals surface area contributed by atoms with Crippen molar-refractivity contribution in [2.45, 2.75) is 20.3 Å². The lowest BCUT2D eigenvalue weighted by Gasteiger charge is -2.34. The highest BCUT2D eigenvalue weighted by atomic mass is 32.1. The monoisotopic (exact) mass is 321 g/mol. The summed E-state index contributed by atoms with van der Waals surface area (Å²) < 4.78 is 0. The molecule has 0 saturated carbocycles. The quantitative estimate of drug-likeness (QED) is 0.872. The molecule has 0 radical (unpaired) electrons. The summed E-state index contributed by atoms with van der Waals surface area (Å²) in [5.41, 5.74) is 1.12. The third-order valence-corrected chi connectivity index (χ3v) is 5.84. The van der Waals surface area contributed by atoms with Crippen LogP contribution in [0.15, 0.2) is 17.5 Å². The van der Waals surface area contributed by atoms with Crippen molar-refractivity contribution in [2.24, 2.45) is 0 Å². The minimum Gasteiger partial charge on any atom is -0.345 e. The number of thiophene rings is 1. The first-order valence-corrected chi connectivity index (χ1v) is 8.82. The number of amides is 1. The molecule has 0 spiro atoms. The minimum absolute atomic E-state index is 0.239. The van der Waals surface area contributed by atoms with E-state index >= 15 is 0 Å². The van der Waals surface area contributed by atoms with E-state index < -0.39 is 0 Å². The summed E-state index contributed by atoms with van der Waals surface area (Å²) in [6.07, 6.45) is 0.535. The Labute approximate surface area is 133 Å². The van der Waals surface area contributed by atoms with Crippen LogP contribution in [0.5, 0.6) is 0 Å². The average Bonchev–Trinajstić information content (AvgIpc) is 3.10. The van der Waals surface area contributed by atoms with Crippen molar-refractivity contribution >= 4 is 33.7 Å². The summed E-state index contributed by atoms with van der Waals surface area (Å²) in [6.45, 7) is 7.50. The van der Waals surface area contributed by atoms with Gasteiger partial charge in [0.2, 0.25) is 5.91 Å². The van der Waals surface area contributed by atoms with Crippen molar-refractivity contribution < 1.29 is 4.79 Å². The molecule has 1 saturated heterocycles. The van der Waals surface area contributed by atoms with Gasteiger partial charge in [0.1, 0.15) is 0 Å². The van der Waals surface area contributed by atoms with Crippen molar-refractivity contribution in [1.82, 2.24) is 9.88 Å². The van der Waals surface area contributed by atoms with Gasteiger partial charge < -0.3 is 9.80 Å². The number of aryl methyl sites for hydroxylation is 2. The molecule has 0 aromatic carbocycles. The largest absolute Gasteiger partial charge is 0.345 e. The highest BCUT2D eigenvalue weighted by Crippen LogP contribution is 2.26. The highest BCUT2D eigenvalue weighted by Gasteiger charge is 2.23. The van der Waals surface area contributed by atoms with Crippen molar-refractivity contribution in [3.63, 3.8) is 0 Å². The second-order valence-electron chi connectivity index (χ2n) is 5.26. The third-order valence-electron chi connectivity index (χ3n) is 3.83. The van der Waals surface area contributed by atoms with Gasteiger partial charge in [-0.25, -0.2) is 4.98 Å². The van der Waals surface area contributed by atoms with Crippen LogP contribution in [0.4, 0.5) is 5.13 Å². The van der Waals surface area contributed by atoms with E-state index in [1.54, 1.807) is 22.7 Å². The Morgan fingerprint density at radius 2 is 2.05 bits per heavy atom. The molecule has 4 nitrogen and oxygen atoms in total. The number of aromatic nitrogens is 1. The normalized spacial score (nSPS) is 15.5. The molecule has 1 amide bonds. The third kappa shape index (κ3) is 3.27. The van der Waals surface area contributed by atoms with Crippen LogP contribution in [0.2, 0.25) is 0 Å². The predicted octanol–water partition coefficient (Wildman–Crippen LogP) is 2.71. The second-order valence-corrected chi connectivity index (χ2v) is 7.48. The van der Waals surface area contributed by atoms with Crippen LogP contribution < -0.4 is 4.90 Å². The second kappa shape index (κ2) is 6.15. The Hall–Kier alpha value is -1.40. The summed E-state index contributed by atoms with van der Waals surface area (Å²) >= 11 is 3.40. The number of carbonyl (C=O) groups is 1. The van der Waals surface area contributed by atoms with Crippen LogP contribution in [-0.2, 0) is 11.2 Å². The molecule has 0 N–H and O–H groups in total. The first-order chi connectivity index (χ1) is 10.1. The fourth-order valence-corrected chi connectivity index (χ4v) is 4.07. The van der Waals surface area contributed by atoms with Crippen LogP contribution in [0.1, 0.15) is 15.4 Å². The van der Waals surface area contributed by atoms with E-state index in [-0.39, 0.29) is 5.91 Å². The van der Waals surface area contributed by atoms with E-state index in [4.69, 9.17) is 0 Å². The Morgan fingerprint density at radius 1 is 1.29 bits per heavy atom. The lowest BCUT2D eigenvalue weighted by molar-refractivity contribution is -0.130. The summed E-state index contributed by atoms with van der Waals surface area (Å²) in [5, 5.41) is 3.11. The molecule has 2 aromatic rings. The summed E-state index contributed by atoms with van der Waals surface area (Å²) in [4.78, 5) is 23.6. The van der Waals surface area contributed by atoms with E-state index in [9.17, 15) is 4.79 Å². The molecule has 1 fully saturated rings. The maximum Gasteiger partial charge on any atom is 0.227 e. The van der Waals surface area contributed by atoms with Crippen LogP contribution in [0, 0.1) is 13.8 Å². The fraction of sp³-hybridized carbons (Fsp3) is 0.467. The molecule has 0 unspecified atom stereocenters. The van der Waals surface area contributed by atoms with Crippen molar-refractivity contribution in [3.05, 3.63) is 33.0 Å². The molecule has 21 heavy (non-hydrogen) atoms. The zero-order chi connectivity index (χ0) is 14.8. The average molecular weight is 321 g/mol. The molecule has 0 aliphatic carbocycles. The van der Waals surface area contributed by atoms with Gasteiger partial charge >= 0.3 is 0 Å². The lowest BCUT2D eigenvalue weighted by atomic mass is 10.2. The molecule has 112 valence electrons. The van der Waals surface area contributed by atoms with E-state index in [2.05, 4.69) is 23.7 Å². The minimum atomic E-state index is 0.239. The van der Waals surface area contributed by atoms with Crippen LogP contribution in [0.25, 0.3) is 0 Å². The maximum atomic E-state index is 12.3. The molecule has 0 atom stereocenters. The standard InChI is InChI=1S/C15H19N3OS2/c1-11-12(2)21-15(16-11)18-7-5-17(6-8-18)14(19)10-13-4-3-9-20-13/h3-4,9H,5-8,10H2,1-2H3. The van der Waals surface area contributed by atoms with Gasteiger partial charge in [0.05, 0.1) is 12.1 Å². The Bertz CT molecular complexity index is 593. The van der Waals surface area contributed by atoms with Crippen molar-refractivity contribution in [3.8, 4) is 0 Å². The van der Waals surface area contributed by atoms with Crippen molar-refractivity contribution in [2.75, 3.05) is 31.1 Å². The van der Waals surface area contributed by atoms with E-state index in [0.29, 0.717) is 6.42 Å². The van der Waals surface area contributed by atoms with Gasteiger partial charge in [-0.05, 0) is 25.3 Å². The number of rotatable bonds is 3. The molecular formula is C15H19N3OS2. The first-order valence-electron chi connectivity index (χ1n) is 7.12. The Balaban J connectivity index is 1.56. The van der Waals surface area contributed by atoms with Crippen LogP contribution in [-0.4, -0.2) is 42.0 Å². The number of nitrogens with zero attached hydrogens (tertiary/aromatic N) is 3. The molecule has 1 aliphatic rings. The SMILES string of the molecule is Cc1nc(N2CCN(C(=O)Cc3cccs3)CC2)sc1C. The van der Waals surface area contributed by atoms with E-state index in [1.807, 2.05) is 22.4 Å². The molecule has 3 rings (SSSR count). The van der Waals surface area contributed by atoms with E-state index in [1.165, 1.54) is 4.88 Å². The van der Waals surface area contributed by atoms with E-state index in [0.717, 1.165) is 41.9 Å². The number of hydrogen-bond acceptors (Lipinski definition) is 5. The van der Waals surface area contributed by atoms with Gasteiger partial charge in [0.15, 0.2) is 5.13 Å². The summed E-state index contributed by atoms with van der Waals surface area (Å²) in [5.74, 6) is 0.239.